The minimum Gasteiger partial charge on any atom is -0.377 e. The van der Waals surface area contributed by atoms with E-state index in [-0.39, 0.29) is 6.04 Å². The summed E-state index contributed by atoms with van der Waals surface area (Å²) in [7, 11) is 0. The van der Waals surface area contributed by atoms with Gasteiger partial charge in [-0.1, -0.05) is 44.1 Å². The van der Waals surface area contributed by atoms with Crippen molar-refractivity contribution in [3.8, 4) is 11.1 Å². The number of hydrogen-bond acceptors (Lipinski definition) is 5. The molecule has 6 nitrogen and oxygen atoms in total. The predicted molar refractivity (Wildman–Crippen MR) is 141 cm³/mol. The van der Waals surface area contributed by atoms with Gasteiger partial charge in [0, 0.05) is 35.1 Å². The molecule has 0 saturated carbocycles. The van der Waals surface area contributed by atoms with Gasteiger partial charge in [0.25, 0.3) is 0 Å². The van der Waals surface area contributed by atoms with Crippen LogP contribution in [0.1, 0.15) is 58.8 Å². The molecule has 4 rings (SSSR count). The van der Waals surface area contributed by atoms with Gasteiger partial charge in [0.05, 0.1) is 24.9 Å². The van der Waals surface area contributed by atoms with Crippen molar-refractivity contribution in [1.82, 2.24) is 20.2 Å². The molecule has 0 aliphatic carbocycles. The van der Waals surface area contributed by atoms with Gasteiger partial charge in [-0.25, -0.2) is 4.98 Å². The monoisotopic (exact) mass is 459 g/mol. The molecule has 34 heavy (non-hydrogen) atoms. The van der Waals surface area contributed by atoms with E-state index in [9.17, 15) is 0 Å². The Morgan fingerprint density at radius 2 is 2.15 bits per heavy atom. The molecule has 0 amide bonds. The molecule has 3 aromatic heterocycles. The Kier molecular flexibility index (Phi) is 7.47. The fraction of sp³-hybridized carbons (Fsp3) is 0.464. The normalized spacial score (nSPS) is 18.5. The molecule has 0 aromatic carbocycles. The Balaban J connectivity index is 1.94. The van der Waals surface area contributed by atoms with Gasteiger partial charge in [-0.15, -0.1) is 0 Å². The van der Waals surface area contributed by atoms with Crippen LogP contribution in [-0.2, 0) is 4.74 Å². The van der Waals surface area contributed by atoms with E-state index in [1.807, 2.05) is 19.2 Å². The van der Waals surface area contributed by atoms with Crippen LogP contribution in [0.4, 0.5) is 5.82 Å². The molecule has 4 heterocycles. The number of rotatable bonds is 7. The maximum Gasteiger partial charge on any atom is 0.130 e. The number of pyridine rings is 2. The Morgan fingerprint density at radius 1 is 1.32 bits per heavy atom. The van der Waals surface area contributed by atoms with Crippen LogP contribution in [0, 0.1) is 12.8 Å². The molecule has 1 fully saturated rings. The van der Waals surface area contributed by atoms with Crippen molar-refractivity contribution in [1.29, 1.82) is 0 Å². The maximum absolute atomic E-state index is 5.69. The molecule has 1 aliphatic heterocycles. The number of nitrogens with zero attached hydrogens (tertiary/aromatic N) is 4. The van der Waals surface area contributed by atoms with Gasteiger partial charge < -0.3 is 9.64 Å². The second kappa shape index (κ2) is 10.5. The summed E-state index contributed by atoms with van der Waals surface area (Å²) in [4.78, 5) is 12.1. The highest BCUT2D eigenvalue weighted by Gasteiger charge is 2.24. The van der Waals surface area contributed by atoms with Crippen LogP contribution in [0.3, 0.4) is 0 Å². The van der Waals surface area contributed by atoms with Crippen LogP contribution >= 0.6 is 0 Å². The summed E-state index contributed by atoms with van der Waals surface area (Å²) in [5, 5.41) is 8.13. The number of ether oxygens (including phenoxy) is 1. The number of H-pyrrole nitrogens is 1. The molecule has 1 saturated heterocycles. The molecule has 1 N–H and O–H groups in total. The molecule has 1 aliphatic rings. The molecule has 3 aromatic rings. The largest absolute Gasteiger partial charge is 0.377 e. The van der Waals surface area contributed by atoms with Crippen molar-refractivity contribution in [2.24, 2.45) is 5.92 Å². The lowest BCUT2D eigenvalue weighted by atomic mass is 9.94. The molecule has 0 bridgehead atoms. The van der Waals surface area contributed by atoms with Gasteiger partial charge in [0.2, 0.25) is 0 Å². The summed E-state index contributed by atoms with van der Waals surface area (Å²) in [6.45, 7) is 15.3. The van der Waals surface area contributed by atoms with Crippen LogP contribution in [-0.4, -0.2) is 46.0 Å². The first-order chi connectivity index (χ1) is 16.4. The maximum atomic E-state index is 5.69. The summed E-state index contributed by atoms with van der Waals surface area (Å²) < 4.78 is 5.69. The van der Waals surface area contributed by atoms with Crippen molar-refractivity contribution >= 4 is 22.4 Å². The molecule has 2 atom stereocenters. The number of aryl methyl sites for hydroxylation is 1. The lowest BCUT2D eigenvalue weighted by Gasteiger charge is -2.34. The number of aromatic nitrogens is 4. The van der Waals surface area contributed by atoms with Crippen molar-refractivity contribution < 1.29 is 4.74 Å². The van der Waals surface area contributed by atoms with Crippen LogP contribution < -0.4 is 4.90 Å². The van der Waals surface area contributed by atoms with E-state index >= 15 is 0 Å². The summed E-state index contributed by atoms with van der Waals surface area (Å²) in [5.41, 5.74) is 8.39. The van der Waals surface area contributed by atoms with Crippen LogP contribution in [0.15, 0.2) is 42.1 Å². The Hall–Kier alpha value is -2.99. The number of anilines is 1. The Morgan fingerprint density at radius 3 is 2.82 bits per heavy atom. The van der Waals surface area contributed by atoms with Gasteiger partial charge in [-0.2, -0.15) is 5.10 Å². The van der Waals surface area contributed by atoms with Crippen LogP contribution in [0.5, 0.6) is 0 Å². The zero-order valence-electron chi connectivity index (χ0n) is 21.4. The number of allylic oxidation sites excluding steroid dienone is 4. The van der Waals surface area contributed by atoms with Gasteiger partial charge >= 0.3 is 0 Å². The third kappa shape index (κ3) is 4.92. The molecular weight excluding hydrogens is 422 g/mol. The van der Waals surface area contributed by atoms with Crippen molar-refractivity contribution in [3.63, 3.8) is 0 Å². The third-order valence-corrected chi connectivity index (χ3v) is 6.79. The Bertz CT molecular complexity index is 1190. The number of fused-ring (bicyclic) bond motifs is 1. The molecule has 6 heteroatoms. The van der Waals surface area contributed by atoms with E-state index in [4.69, 9.17) is 14.8 Å². The lowest BCUT2D eigenvalue weighted by Crippen LogP contribution is -2.44. The van der Waals surface area contributed by atoms with E-state index in [0.29, 0.717) is 19.1 Å². The van der Waals surface area contributed by atoms with Gasteiger partial charge in [0.1, 0.15) is 16.9 Å². The average molecular weight is 460 g/mol. The highest BCUT2D eigenvalue weighted by Crippen LogP contribution is 2.36. The highest BCUT2D eigenvalue weighted by atomic mass is 16.5. The topological polar surface area (TPSA) is 66.9 Å². The summed E-state index contributed by atoms with van der Waals surface area (Å²) >= 11 is 0. The Labute approximate surface area is 203 Å². The molecule has 0 radical (unpaired) electrons. The number of hydrogen-bond donors (Lipinski definition) is 1. The summed E-state index contributed by atoms with van der Waals surface area (Å²) in [6, 6.07) is 6.59. The highest BCUT2D eigenvalue weighted by molar-refractivity contribution is 5.99. The zero-order valence-corrected chi connectivity index (χ0v) is 21.4. The van der Waals surface area contributed by atoms with Gasteiger partial charge in [-0.3, -0.25) is 10.1 Å². The fourth-order valence-electron chi connectivity index (χ4n) is 4.61. The molecular formula is C28H37N5O. The van der Waals surface area contributed by atoms with Crippen LogP contribution in [0.2, 0.25) is 0 Å². The first-order valence-corrected chi connectivity index (χ1v) is 12.4. The number of nitrogens with one attached hydrogen (secondary N) is 1. The SMILES string of the molecule is C/C=C\C(=C(\C)CC(C)CC)c1[nH]nc2c(-c3ccc(C)nc3)cc(N3CCOCC3C)nc12. The van der Waals surface area contributed by atoms with E-state index < -0.39 is 0 Å². The van der Waals surface area contributed by atoms with Crippen molar-refractivity contribution in [2.45, 2.75) is 60.4 Å². The first kappa shape index (κ1) is 24.1. The summed E-state index contributed by atoms with van der Waals surface area (Å²) in [6.07, 6.45) is 8.42. The van der Waals surface area contributed by atoms with Crippen molar-refractivity contribution in [3.05, 3.63) is 53.5 Å². The molecule has 180 valence electrons. The smallest absolute Gasteiger partial charge is 0.130 e. The number of aromatic amines is 1. The molecule has 2 unspecified atom stereocenters. The second-order valence-electron chi connectivity index (χ2n) is 9.54. The van der Waals surface area contributed by atoms with Crippen molar-refractivity contribution in [2.75, 3.05) is 24.7 Å². The first-order valence-electron chi connectivity index (χ1n) is 12.4. The predicted octanol–water partition coefficient (Wildman–Crippen LogP) is 6.34. The number of morpholine rings is 1. The van der Waals surface area contributed by atoms with Crippen LogP contribution in [0.25, 0.3) is 27.7 Å². The summed E-state index contributed by atoms with van der Waals surface area (Å²) in [5.74, 6) is 1.59. The minimum atomic E-state index is 0.260. The molecule has 0 spiro atoms. The van der Waals surface area contributed by atoms with Gasteiger partial charge in [0.15, 0.2) is 0 Å². The fourth-order valence-corrected chi connectivity index (χ4v) is 4.61. The third-order valence-electron chi connectivity index (χ3n) is 6.79. The standard InChI is InChI=1S/C28H37N5O/c1-7-9-23(19(4)14-18(3)8-2)26-28-27(32-31-26)24(22-11-10-20(5)29-16-22)15-25(30-28)33-12-13-34-17-21(33)6/h7,9-11,15-16,18,21H,8,12-14,17H2,1-6H3,(H,31,32)/b9-7-,23-19+. The van der Waals surface area contributed by atoms with E-state index in [1.165, 1.54) is 11.1 Å². The zero-order chi connectivity index (χ0) is 24.2. The van der Waals surface area contributed by atoms with E-state index in [2.05, 4.69) is 73.9 Å². The minimum absolute atomic E-state index is 0.260. The van der Waals surface area contributed by atoms with Gasteiger partial charge in [-0.05, 0) is 52.2 Å². The average Bonchev–Trinajstić information content (AvgIpc) is 3.26. The van der Waals surface area contributed by atoms with E-state index in [0.717, 1.165) is 58.8 Å². The lowest BCUT2D eigenvalue weighted by molar-refractivity contribution is 0.0986. The quantitative estimate of drug-likeness (QED) is 0.418. The van der Waals surface area contributed by atoms with E-state index in [1.54, 1.807) is 0 Å². The second-order valence-corrected chi connectivity index (χ2v) is 9.54.